The predicted molar refractivity (Wildman–Crippen MR) is 155 cm³/mol. The Labute approximate surface area is 250 Å². The monoisotopic (exact) mass is 636 g/mol. The quantitative estimate of drug-likeness (QED) is 0.137. The number of unbranched alkanes of at least 4 members (excludes halogenated alkanes) is 9. The van der Waals surface area contributed by atoms with Gasteiger partial charge in [0.05, 0.1) is 6.61 Å². The number of rotatable bonds is 17. The molecular formula is C33H53IN2O2. The number of aryl methyl sites for hydroxylation is 1. The van der Waals surface area contributed by atoms with Crippen molar-refractivity contribution in [2.75, 3.05) is 6.61 Å². The number of hydrogen-bond acceptors (Lipinski definition) is 2. The van der Waals surface area contributed by atoms with Crippen LogP contribution in [0.15, 0.2) is 42.6 Å². The number of amides is 1. The summed E-state index contributed by atoms with van der Waals surface area (Å²) in [5, 5.41) is 0. The van der Waals surface area contributed by atoms with Gasteiger partial charge in [0.25, 0.3) is 0 Å². The highest BCUT2D eigenvalue weighted by atomic mass is 127. The smallest absolute Gasteiger partial charge is 0.220 e. The minimum absolute atomic E-state index is 0. The fourth-order valence-corrected chi connectivity index (χ4v) is 4.82. The third-order valence-electron chi connectivity index (χ3n) is 7.15. The minimum atomic E-state index is -0.0329. The van der Waals surface area contributed by atoms with E-state index in [-0.39, 0.29) is 35.3 Å². The summed E-state index contributed by atoms with van der Waals surface area (Å²) in [5.41, 5.74) is 3.47. The van der Waals surface area contributed by atoms with Gasteiger partial charge in [0, 0.05) is 25.6 Å². The van der Waals surface area contributed by atoms with Crippen molar-refractivity contribution < 1.29 is 38.1 Å². The van der Waals surface area contributed by atoms with E-state index >= 15 is 0 Å². The lowest BCUT2D eigenvalue weighted by atomic mass is 9.85. The summed E-state index contributed by atoms with van der Waals surface area (Å²) < 4.78 is 8.48. The molecule has 5 heteroatoms. The first kappa shape index (κ1) is 34.4. The molecule has 0 radical (unpaired) electrons. The molecule has 0 spiro atoms. The standard InChI is InChI=1S/C33H53N2O2.HI/c1-7-9-10-11-12-13-14-15-16-19-24-37-32-22-21-29(25-31(32)33(4,5)6)26-35(28(3)36)27-30-20-17-18-23-34(30)8-2;/h17-18,20-23,25H,7-16,19,24,26-27H2,1-6H3;1H/q+1;/p-1. The first-order valence-electron chi connectivity index (χ1n) is 14.7. The molecule has 0 aliphatic heterocycles. The van der Waals surface area contributed by atoms with Crippen molar-refractivity contribution in [1.29, 1.82) is 0 Å². The van der Waals surface area contributed by atoms with Gasteiger partial charge in [0.1, 0.15) is 18.8 Å². The van der Waals surface area contributed by atoms with Gasteiger partial charge in [-0.25, -0.2) is 4.57 Å². The summed E-state index contributed by atoms with van der Waals surface area (Å²) in [6.45, 7) is 15.6. The number of halogens is 1. The number of hydrogen-bond donors (Lipinski definition) is 0. The molecule has 0 saturated carbocycles. The van der Waals surface area contributed by atoms with Crippen LogP contribution in [-0.4, -0.2) is 17.4 Å². The molecule has 1 heterocycles. The van der Waals surface area contributed by atoms with E-state index in [0.717, 1.165) is 36.6 Å². The van der Waals surface area contributed by atoms with Crippen LogP contribution in [0.1, 0.15) is 123 Å². The molecule has 0 atom stereocenters. The number of carbonyl (C=O) groups is 1. The zero-order valence-electron chi connectivity index (χ0n) is 25.0. The highest BCUT2D eigenvalue weighted by Gasteiger charge is 2.22. The molecule has 38 heavy (non-hydrogen) atoms. The molecule has 0 N–H and O–H groups in total. The fourth-order valence-electron chi connectivity index (χ4n) is 4.82. The van der Waals surface area contributed by atoms with Crippen molar-refractivity contribution in [2.24, 2.45) is 0 Å². The van der Waals surface area contributed by atoms with Crippen molar-refractivity contribution in [3.63, 3.8) is 0 Å². The maximum absolute atomic E-state index is 12.5. The Bertz CT molecular complexity index is 939. The average molecular weight is 637 g/mol. The van der Waals surface area contributed by atoms with Gasteiger partial charge in [-0.2, -0.15) is 0 Å². The highest BCUT2D eigenvalue weighted by Crippen LogP contribution is 2.33. The third kappa shape index (κ3) is 12.5. The third-order valence-corrected chi connectivity index (χ3v) is 7.15. The van der Waals surface area contributed by atoms with Crippen LogP contribution in [0, 0.1) is 0 Å². The summed E-state index contributed by atoms with van der Waals surface area (Å²) >= 11 is 0. The average Bonchev–Trinajstić information content (AvgIpc) is 2.87. The van der Waals surface area contributed by atoms with Gasteiger partial charge in [0.15, 0.2) is 6.20 Å². The maximum Gasteiger partial charge on any atom is 0.220 e. The largest absolute Gasteiger partial charge is 1.00 e. The zero-order valence-corrected chi connectivity index (χ0v) is 27.2. The van der Waals surface area contributed by atoms with E-state index in [9.17, 15) is 4.79 Å². The van der Waals surface area contributed by atoms with E-state index in [1.807, 2.05) is 17.0 Å². The van der Waals surface area contributed by atoms with Crippen LogP contribution >= 0.6 is 0 Å². The molecular weight excluding hydrogens is 583 g/mol. The predicted octanol–water partition coefficient (Wildman–Crippen LogP) is 5.14. The van der Waals surface area contributed by atoms with Crippen LogP contribution in [0.2, 0.25) is 0 Å². The van der Waals surface area contributed by atoms with Crippen molar-refractivity contribution in [3.8, 4) is 5.75 Å². The normalized spacial score (nSPS) is 11.2. The van der Waals surface area contributed by atoms with Gasteiger partial charge in [-0.15, -0.1) is 0 Å². The molecule has 214 valence electrons. The van der Waals surface area contributed by atoms with Gasteiger partial charge in [-0.1, -0.05) is 97.6 Å². The fraction of sp³-hybridized carbons (Fsp3) is 0.636. The maximum atomic E-state index is 12.5. The molecule has 0 aliphatic carbocycles. The number of ether oxygens (including phenoxy) is 1. The molecule has 0 unspecified atom stereocenters. The Hall–Kier alpha value is -1.63. The molecule has 0 fully saturated rings. The van der Waals surface area contributed by atoms with Crippen LogP contribution in [0.3, 0.4) is 0 Å². The van der Waals surface area contributed by atoms with E-state index in [1.165, 1.54) is 63.4 Å². The van der Waals surface area contributed by atoms with Crippen molar-refractivity contribution >= 4 is 5.91 Å². The Morgan fingerprint density at radius 2 is 1.50 bits per heavy atom. The SMILES string of the molecule is CCCCCCCCCCCCOc1ccc(CN(Cc2cccc[n+]2CC)C(C)=O)cc1C(C)(C)C.[I-]. The minimum Gasteiger partial charge on any atom is -1.00 e. The van der Waals surface area contributed by atoms with Crippen LogP contribution in [0.25, 0.3) is 0 Å². The van der Waals surface area contributed by atoms with Crippen LogP contribution in [-0.2, 0) is 29.8 Å². The van der Waals surface area contributed by atoms with Gasteiger partial charge < -0.3 is 33.6 Å². The Morgan fingerprint density at radius 1 is 0.868 bits per heavy atom. The lowest BCUT2D eigenvalue weighted by Gasteiger charge is -2.25. The summed E-state index contributed by atoms with van der Waals surface area (Å²) in [4.78, 5) is 14.4. The van der Waals surface area contributed by atoms with Crippen LogP contribution < -0.4 is 33.3 Å². The molecule has 1 amide bonds. The Kier molecular flexibility index (Phi) is 16.9. The number of nitrogens with zero attached hydrogens (tertiary/aromatic N) is 2. The first-order valence-corrected chi connectivity index (χ1v) is 14.7. The molecule has 0 bridgehead atoms. The second-order valence-electron chi connectivity index (χ2n) is 11.5. The topological polar surface area (TPSA) is 33.4 Å². The van der Waals surface area contributed by atoms with Crippen molar-refractivity contribution in [3.05, 3.63) is 59.4 Å². The van der Waals surface area contributed by atoms with E-state index in [4.69, 9.17) is 4.74 Å². The second-order valence-corrected chi connectivity index (χ2v) is 11.5. The number of pyridine rings is 1. The van der Waals surface area contributed by atoms with E-state index < -0.39 is 0 Å². The van der Waals surface area contributed by atoms with E-state index in [0.29, 0.717) is 13.1 Å². The molecule has 1 aromatic carbocycles. The van der Waals surface area contributed by atoms with Gasteiger partial charge in [-0.05, 0) is 42.0 Å². The van der Waals surface area contributed by atoms with E-state index in [2.05, 4.69) is 69.6 Å². The van der Waals surface area contributed by atoms with Gasteiger partial charge in [0.2, 0.25) is 11.6 Å². The van der Waals surface area contributed by atoms with Crippen molar-refractivity contribution in [2.45, 2.75) is 131 Å². The number of aromatic nitrogens is 1. The van der Waals surface area contributed by atoms with Gasteiger partial charge in [-0.3, -0.25) is 4.79 Å². The lowest BCUT2D eigenvalue weighted by molar-refractivity contribution is -0.701. The zero-order chi connectivity index (χ0) is 27.1. The number of carbonyl (C=O) groups excluding carboxylic acids is 1. The Balaban J connectivity index is 0.00000722. The summed E-state index contributed by atoms with van der Waals surface area (Å²) in [7, 11) is 0. The molecule has 1 aromatic heterocycles. The summed E-state index contributed by atoms with van der Waals surface area (Å²) in [5.74, 6) is 1.07. The molecule has 2 aromatic rings. The van der Waals surface area contributed by atoms with Crippen LogP contribution in [0.4, 0.5) is 0 Å². The lowest BCUT2D eigenvalue weighted by Crippen LogP contribution is -3.00. The summed E-state index contributed by atoms with van der Waals surface area (Å²) in [6, 6.07) is 12.7. The van der Waals surface area contributed by atoms with Crippen molar-refractivity contribution in [1.82, 2.24) is 4.90 Å². The first-order chi connectivity index (χ1) is 17.8. The van der Waals surface area contributed by atoms with Gasteiger partial charge >= 0.3 is 0 Å². The number of benzene rings is 1. The molecule has 2 rings (SSSR count). The molecule has 0 aliphatic rings. The van der Waals surface area contributed by atoms with Crippen LogP contribution in [0.5, 0.6) is 5.75 Å². The van der Waals surface area contributed by atoms with E-state index in [1.54, 1.807) is 6.92 Å². The second kappa shape index (κ2) is 18.6. The molecule has 4 nitrogen and oxygen atoms in total. The summed E-state index contributed by atoms with van der Waals surface area (Å²) in [6.07, 6.45) is 15.4. The highest BCUT2D eigenvalue weighted by molar-refractivity contribution is 5.73. The Morgan fingerprint density at radius 3 is 2.08 bits per heavy atom. The molecule has 0 saturated heterocycles.